The van der Waals surface area contributed by atoms with Crippen LogP contribution in [0.5, 0.6) is 0 Å². The van der Waals surface area contributed by atoms with E-state index in [9.17, 15) is 0 Å². The summed E-state index contributed by atoms with van der Waals surface area (Å²) < 4.78 is 0. The highest BCUT2D eigenvalue weighted by Crippen LogP contribution is 2.42. The van der Waals surface area contributed by atoms with Gasteiger partial charge in [0.15, 0.2) is 5.82 Å². The van der Waals surface area contributed by atoms with E-state index in [1.165, 1.54) is 5.56 Å². The van der Waals surface area contributed by atoms with Crippen molar-refractivity contribution in [3.8, 4) is 45.0 Å². The maximum atomic E-state index is 6.90. The van der Waals surface area contributed by atoms with E-state index in [0.717, 1.165) is 60.2 Å². The van der Waals surface area contributed by atoms with Crippen molar-refractivity contribution in [2.45, 2.75) is 0 Å². The number of hydrogen-bond donors (Lipinski definition) is 0. The molecule has 39 heavy (non-hydrogen) atoms. The van der Waals surface area contributed by atoms with E-state index in [4.69, 9.17) is 21.6 Å². The first-order chi connectivity index (χ1) is 19.3. The van der Waals surface area contributed by atoms with Crippen molar-refractivity contribution in [3.63, 3.8) is 0 Å². The summed E-state index contributed by atoms with van der Waals surface area (Å²) in [5.41, 5.74) is 7.16. The fourth-order valence-electron chi connectivity index (χ4n) is 5.29. The molecular formula is C36H23ClN2. The summed E-state index contributed by atoms with van der Waals surface area (Å²) in [6.07, 6.45) is 0. The number of halogens is 1. The molecule has 0 atom stereocenters. The van der Waals surface area contributed by atoms with Gasteiger partial charge in [0, 0.05) is 27.5 Å². The van der Waals surface area contributed by atoms with Gasteiger partial charge in [-0.15, -0.1) is 0 Å². The molecule has 0 bridgehead atoms. The minimum atomic E-state index is 0.708. The third kappa shape index (κ3) is 4.25. The molecule has 0 fully saturated rings. The van der Waals surface area contributed by atoms with Crippen molar-refractivity contribution in [3.05, 3.63) is 145 Å². The Bertz CT molecular complexity index is 1850. The van der Waals surface area contributed by atoms with Crippen molar-refractivity contribution in [1.29, 1.82) is 0 Å². The molecule has 0 radical (unpaired) electrons. The van der Waals surface area contributed by atoms with Crippen LogP contribution < -0.4 is 0 Å². The Balaban J connectivity index is 1.46. The lowest BCUT2D eigenvalue weighted by atomic mass is 9.91. The van der Waals surface area contributed by atoms with E-state index in [0.29, 0.717) is 5.82 Å². The smallest absolute Gasteiger partial charge is 0.160 e. The van der Waals surface area contributed by atoms with Crippen LogP contribution in [-0.4, -0.2) is 9.97 Å². The average Bonchev–Trinajstić information content (AvgIpc) is 3.02. The number of rotatable bonds is 4. The van der Waals surface area contributed by atoms with E-state index in [2.05, 4.69) is 91.0 Å². The maximum absolute atomic E-state index is 6.90. The third-order valence-corrected chi connectivity index (χ3v) is 7.55. The van der Waals surface area contributed by atoms with Crippen LogP contribution in [0, 0.1) is 0 Å². The maximum Gasteiger partial charge on any atom is 0.160 e. The first-order valence-corrected chi connectivity index (χ1v) is 13.3. The molecule has 2 nitrogen and oxygen atoms in total. The van der Waals surface area contributed by atoms with Gasteiger partial charge in [0.05, 0.1) is 16.4 Å². The third-order valence-electron chi connectivity index (χ3n) is 7.14. The molecule has 6 aromatic carbocycles. The van der Waals surface area contributed by atoms with Crippen LogP contribution in [0.1, 0.15) is 0 Å². The van der Waals surface area contributed by atoms with Gasteiger partial charge in [0.25, 0.3) is 0 Å². The van der Waals surface area contributed by atoms with Crippen LogP contribution in [0.2, 0.25) is 5.02 Å². The van der Waals surface area contributed by atoms with E-state index in [1.807, 2.05) is 48.5 Å². The Morgan fingerprint density at radius 1 is 0.385 bits per heavy atom. The number of nitrogens with zero attached hydrogens (tertiary/aromatic N) is 2. The standard InChI is InChI=1S/C36H23ClN2/c37-35-30-20-9-7-18-28(30)34(29-19-8-10-21-31(29)35)27-17-11-16-26(22-27)33-23-32(24-12-3-1-4-13-24)38-36(39-33)25-14-5-2-6-15-25/h1-23H. The van der Waals surface area contributed by atoms with Crippen molar-refractivity contribution in [1.82, 2.24) is 9.97 Å². The van der Waals surface area contributed by atoms with Crippen LogP contribution >= 0.6 is 11.6 Å². The van der Waals surface area contributed by atoms with Gasteiger partial charge >= 0.3 is 0 Å². The molecule has 0 spiro atoms. The minimum Gasteiger partial charge on any atom is -0.228 e. The second kappa shape index (κ2) is 9.83. The SMILES string of the molecule is Clc1c2ccccc2c(-c2cccc(-c3cc(-c4ccccc4)nc(-c4ccccc4)n3)c2)c2ccccc12. The molecule has 3 heteroatoms. The highest BCUT2D eigenvalue weighted by molar-refractivity contribution is 6.42. The molecule has 0 unspecified atom stereocenters. The predicted octanol–water partition coefficient (Wildman–Crippen LogP) is 10.1. The Morgan fingerprint density at radius 3 is 1.46 bits per heavy atom. The summed E-state index contributed by atoms with van der Waals surface area (Å²) in [5.74, 6) is 0.708. The van der Waals surface area contributed by atoms with Gasteiger partial charge in [-0.3, -0.25) is 0 Å². The highest BCUT2D eigenvalue weighted by Gasteiger charge is 2.16. The van der Waals surface area contributed by atoms with Crippen LogP contribution in [0.4, 0.5) is 0 Å². The first-order valence-electron chi connectivity index (χ1n) is 13.0. The summed E-state index contributed by atoms with van der Waals surface area (Å²) >= 11 is 6.90. The van der Waals surface area contributed by atoms with Gasteiger partial charge in [-0.1, -0.05) is 139 Å². The Hall–Kier alpha value is -4.79. The first kappa shape index (κ1) is 23.3. The van der Waals surface area contributed by atoms with Gasteiger partial charge in [-0.2, -0.15) is 0 Å². The Morgan fingerprint density at radius 2 is 0.846 bits per heavy atom. The van der Waals surface area contributed by atoms with E-state index in [-0.39, 0.29) is 0 Å². The van der Waals surface area contributed by atoms with Crippen LogP contribution in [0.25, 0.3) is 66.6 Å². The molecule has 0 saturated carbocycles. The number of fused-ring (bicyclic) bond motifs is 2. The normalized spacial score (nSPS) is 11.2. The van der Waals surface area contributed by atoms with Crippen molar-refractivity contribution in [2.24, 2.45) is 0 Å². The molecule has 7 aromatic rings. The zero-order valence-electron chi connectivity index (χ0n) is 21.1. The van der Waals surface area contributed by atoms with Gasteiger partial charge in [-0.25, -0.2) is 9.97 Å². The van der Waals surface area contributed by atoms with Crippen LogP contribution in [0.15, 0.2) is 140 Å². The molecule has 0 saturated heterocycles. The quantitative estimate of drug-likeness (QED) is 0.216. The summed E-state index contributed by atoms with van der Waals surface area (Å²) in [5, 5.41) is 5.17. The van der Waals surface area contributed by atoms with E-state index in [1.54, 1.807) is 0 Å². The average molecular weight is 519 g/mol. The van der Waals surface area contributed by atoms with Gasteiger partial charge in [0.1, 0.15) is 0 Å². The monoisotopic (exact) mass is 518 g/mol. The molecule has 1 heterocycles. The molecule has 0 amide bonds. The predicted molar refractivity (Wildman–Crippen MR) is 164 cm³/mol. The summed E-state index contributed by atoms with van der Waals surface area (Å²) in [7, 11) is 0. The Labute approximate surface area is 232 Å². The largest absolute Gasteiger partial charge is 0.228 e. The highest BCUT2D eigenvalue weighted by atomic mass is 35.5. The molecule has 1 aromatic heterocycles. The van der Waals surface area contributed by atoms with Crippen molar-refractivity contribution in [2.75, 3.05) is 0 Å². The van der Waals surface area contributed by atoms with Crippen molar-refractivity contribution < 1.29 is 0 Å². The topological polar surface area (TPSA) is 25.8 Å². The molecular weight excluding hydrogens is 496 g/mol. The van der Waals surface area contributed by atoms with Gasteiger partial charge in [-0.05, 0) is 34.0 Å². The summed E-state index contributed by atoms with van der Waals surface area (Å²) in [4.78, 5) is 9.99. The fraction of sp³-hybridized carbons (Fsp3) is 0. The molecule has 7 rings (SSSR count). The zero-order chi connectivity index (χ0) is 26.2. The molecule has 0 aliphatic carbocycles. The number of hydrogen-bond acceptors (Lipinski definition) is 2. The van der Waals surface area contributed by atoms with E-state index >= 15 is 0 Å². The Kier molecular flexibility index (Phi) is 5.88. The van der Waals surface area contributed by atoms with Gasteiger partial charge < -0.3 is 0 Å². The number of aromatic nitrogens is 2. The summed E-state index contributed by atoms with van der Waals surface area (Å²) in [6, 6.07) is 47.9. The molecule has 0 aliphatic rings. The molecule has 0 aliphatic heterocycles. The second-order valence-corrected chi connectivity index (χ2v) is 9.93. The van der Waals surface area contributed by atoms with Gasteiger partial charge in [0.2, 0.25) is 0 Å². The minimum absolute atomic E-state index is 0.708. The molecule has 184 valence electrons. The summed E-state index contributed by atoms with van der Waals surface area (Å²) in [6.45, 7) is 0. The number of benzene rings is 6. The van der Waals surface area contributed by atoms with Crippen molar-refractivity contribution >= 4 is 33.1 Å². The van der Waals surface area contributed by atoms with Crippen LogP contribution in [-0.2, 0) is 0 Å². The second-order valence-electron chi connectivity index (χ2n) is 9.56. The van der Waals surface area contributed by atoms with E-state index < -0.39 is 0 Å². The fourth-order valence-corrected chi connectivity index (χ4v) is 5.62. The lowest BCUT2D eigenvalue weighted by Gasteiger charge is -2.15. The molecule has 0 N–H and O–H groups in total. The zero-order valence-corrected chi connectivity index (χ0v) is 21.8. The lowest BCUT2D eigenvalue weighted by molar-refractivity contribution is 1.18. The lowest BCUT2D eigenvalue weighted by Crippen LogP contribution is -1.96. The van der Waals surface area contributed by atoms with Crippen LogP contribution in [0.3, 0.4) is 0 Å².